The molecule has 9 heteroatoms. The number of ether oxygens (including phenoxy) is 1. The molecule has 0 radical (unpaired) electrons. The fourth-order valence-electron chi connectivity index (χ4n) is 4.21. The van der Waals surface area contributed by atoms with Crippen molar-refractivity contribution < 1.29 is 27.9 Å². The Morgan fingerprint density at radius 1 is 1.11 bits per heavy atom. The van der Waals surface area contributed by atoms with Crippen LogP contribution in [-0.4, -0.2) is 55.9 Å². The minimum atomic E-state index is -3.52. The van der Waals surface area contributed by atoms with E-state index >= 15 is 0 Å². The van der Waals surface area contributed by atoms with E-state index < -0.39 is 16.0 Å². The summed E-state index contributed by atoms with van der Waals surface area (Å²) in [7, 11) is -3.52. The van der Waals surface area contributed by atoms with Gasteiger partial charge >= 0.3 is 5.97 Å². The van der Waals surface area contributed by atoms with Crippen LogP contribution in [0.2, 0.25) is 0 Å². The molecule has 1 aliphatic carbocycles. The fraction of sp³-hybridized carbons (Fsp3) is 0.538. The lowest BCUT2D eigenvalue weighted by Crippen LogP contribution is -2.40. The van der Waals surface area contributed by atoms with Crippen molar-refractivity contribution >= 4 is 27.5 Å². The second kappa shape index (κ2) is 12.0. The summed E-state index contributed by atoms with van der Waals surface area (Å²) in [6.07, 6.45) is 1.62. The van der Waals surface area contributed by atoms with E-state index in [1.165, 1.54) is 4.31 Å². The number of ketones is 1. The van der Waals surface area contributed by atoms with E-state index in [1.54, 1.807) is 31.2 Å². The summed E-state index contributed by atoms with van der Waals surface area (Å²) in [5, 5.41) is 11.1. The molecule has 194 valence electrons. The van der Waals surface area contributed by atoms with E-state index in [-0.39, 0.29) is 22.5 Å². The van der Waals surface area contributed by atoms with Gasteiger partial charge in [-0.15, -0.1) is 0 Å². The van der Waals surface area contributed by atoms with Crippen LogP contribution in [0.25, 0.3) is 0 Å². The van der Waals surface area contributed by atoms with Crippen molar-refractivity contribution in [2.75, 3.05) is 31.6 Å². The van der Waals surface area contributed by atoms with Crippen molar-refractivity contribution in [1.29, 1.82) is 0 Å². The summed E-state index contributed by atoms with van der Waals surface area (Å²) in [6.45, 7) is 13.4. The maximum Gasteiger partial charge on any atom is 0.303 e. The van der Waals surface area contributed by atoms with Crippen molar-refractivity contribution in [3.05, 3.63) is 46.7 Å². The van der Waals surface area contributed by atoms with Crippen molar-refractivity contribution in [2.45, 2.75) is 65.7 Å². The molecule has 8 nitrogen and oxygen atoms in total. The number of hydrogen-bond acceptors (Lipinski definition) is 6. The van der Waals surface area contributed by atoms with Gasteiger partial charge in [0.05, 0.1) is 18.1 Å². The summed E-state index contributed by atoms with van der Waals surface area (Å²) in [6, 6.07) is 6.73. The lowest BCUT2D eigenvalue weighted by Gasteiger charge is -2.32. The Labute approximate surface area is 209 Å². The Balaban J connectivity index is 0.000000784. The van der Waals surface area contributed by atoms with Gasteiger partial charge in [0.1, 0.15) is 0 Å². The van der Waals surface area contributed by atoms with Crippen LogP contribution in [0.3, 0.4) is 0 Å². The first-order valence-corrected chi connectivity index (χ1v) is 13.3. The monoisotopic (exact) mass is 506 g/mol. The summed E-state index contributed by atoms with van der Waals surface area (Å²) >= 11 is 0. The number of nitrogens with zero attached hydrogens (tertiary/aromatic N) is 1. The highest BCUT2D eigenvalue weighted by atomic mass is 32.2. The number of Topliss-reactive ketones (excluding diaryl/α,β-unsaturated/α-hetero) is 1. The second-order valence-corrected chi connectivity index (χ2v) is 11.8. The Hall–Kier alpha value is -2.49. The number of sulfonamides is 1. The molecule has 0 aromatic heterocycles. The highest BCUT2D eigenvalue weighted by Gasteiger charge is 2.33. The number of morpholine rings is 1. The van der Waals surface area contributed by atoms with Gasteiger partial charge in [-0.25, -0.2) is 8.42 Å². The number of aliphatic carboxylic acids is 1. The number of carbonyl (C=O) groups excluding carboxylic acids is 1. The van der Waals surface area contributed by atoms with Gasteiger partial charge in [-0.05, 0) is 56.9 Å². The molecule has 1 aromatic carbocycles. The van der Waals surface area contributed by atoms with Crippen LogP contribution in [0.1, 0.15) is 60.8 Å². The molecular formula is C26H38N2O6S. The number of hydrogen-bond donors (Lipinski definition) is 2. The third kappa shape index (κ3) is 7.75. The summed E-state index contributed by atoms with van der Waals surface area (Å²) < 4.78 is 32.3. The fourth-order valence-corrected chi connectivity index (χ4v) is 5.62. The molecule has 0 spiro atoms. The van der Waals surface area contributed by atoms with Gasteiger partial charge in [0.25, 0.3) is 0 Å². The van der Waals surface area contributed by atoms with E-state index in [1.807, 2.05) is 20.8 Å². The standard InChI is InChI=1S/C23H32N2O4S.C3H6O2/c1-16(2)22(21-17(3)14-23(4,5)15-20(21)26)24-18-6-8-19(9-7-18)30(27,28)25-10-12-29-13-11-25;1-2-3(4)5/h6-9,24H,10-15H2,1-5H3;2H2,1H3,(H,4,5). The van der Waals surface area contributed by atoms with Crippen LogP contribution < -0.4 is 5.32 Å². The van der Waals surface area contributed by atoms with E-state index in [2.05, 4.69) is 19.2 Å². The normalized spacial score (nSPS) is 18.4. The van der Waals surface area contributed by atoms with Crippen LogP contribution in [-0.2, 0) is 24.3 Å². The molecular weight excluding hydrogens is 468 g/mol. The number of carboxylic acids is 1. The molecule has 1 saturated heterocycles. The zero-order valence-corrected chi connectivity index (χ0v) is 22.4. The average Bonchev–Trinajstić information content (AvgIpc) is 2.78. The van der Waals surface area contributed by atoms with Gasteiger partial charge in [-0.2, -0.15) is 4.31 Å². The van der Waals surface area contributed by atoms with Gasteiger partial charge in [0, 0.05) is 42.9 Å². The van der Waals surface area contributed by atoms with Gasteiger partial charge in [-0.1, -0.05) is 31.9 Å². The molecule has 2 aliphatic rings. The zero-order valence-electron chi connectivity index (χ0n) is 21.6. The molecule has 0 bridgehead atoms. The predicted octanol–water partition coefficient (Wildman–Crippen LogP) is 4.60. The van der Waals surface area contributed by atoms with Gasteiger partial charge in [0.2, 0.25) is 10.0 Å². The molecule has 2 N–H and O–H groups in total. The molecule has 1 heterocycles. The molecule has 0 amide bonds. The molecule has 0 unspecified atom stereocenters. The topological polar surface area (TPSA) is 113 Å². The summed E-state index contributed by atoms with van der Waals surface area (Å²) in [5.74, 6) is -0.594. The van der Waals surface area contributed by atoms with Crippen LogP contribution in [0, 0.1) is 5.41 Å². The van der Waals surface area contributed by atoms with E-state index in [0.29, 0.717) is 32.7 Å². The van der Waals surface area contributed by atoms with Crippen LogP contribution in [0.15, 0.2) is 51.6 Å². The number of nitrogens with one attached hydrogen (secondary N) is 1. The van der Waals surface area contributed by atoms with Crippen LogP contribution >= 0.6 is 0 Å². The maximum atomic E-state index is 12.9. The van der Waals surface area contributed by atoms with Gasteiger partial charge in [0.15, 0.2) is 5.78 Å². The number of rotatable bonds is 6. The molecule has 1 aromatic rings. The molecule has 1 aliphatic heterocycles. The van der Waals surface area contributed by atoms with E-state index in [4.69, 9.17) is 9.84 Å². The quantitative estimate of drug-likeness (QED) is 0.580. The Kier molecular flexibility index (Phi) is 9.83. The van der Waals surface area contributed by atoms with Crippen LogP contribution in [0.4, 0.5) is 5.69 Å². The van der Waals surface area contributed by atoms with E-state index in [0.717, 1.165) is 34.5 Å². The molecule has 3 rings (SSSR count). The summed E-state index contributed by atoms with van der Waals surface area (Å²) in [4.78, 5) is 22.5. The Morgan fingerprint density at radius 2 is 1.66 bits per heavy atom. The number of allylic oxidation sites excluding steroid dienone is 3. The molecule has 35 heavy (non-hydrogen) atoms. The number of carboxylic acid groups (broad SMARTS) is 1. The van der Waals surface area contributed by atoms with Gasteiger partial charge in [-0.3, -0.25) is 9.59 Å². The second-order valence-electron chi connectivity index (χ2n) is 9.88. The van der Waals surface area contributed by atoms with Crippen molar-refractivity contribution in [2.24, 2.45) is 5.41 Å². The third-order valence-electron chi connectivity index (χ3n) is 5.87. The first-order valence-electron chi connectivity index (χ1n) is 11.9. The number of benzene rings is 1. The Bertz CT molecular complexity index is 1090. The number of anilines is 1. The number of carbonyl (C=O) groups is 2. The zero-order chi connectivity index (χ0) is 26.4. The molecule has 0 atom stereocenters. The molecule has 0 saturated carbocycles. The first kappa shape index (κ1) is 28.7. The SMILES string of the molecule is CC(C)=C(Nc1ccc(S(=O)(=O)N2CCOCC2)cc1)C1=C(C)CC(C)(C)CC1=O.CCC(=O)O. The minimum Gasteiger partial charge on any atom is -0.481 e. The largest absolute Gasteiger partial charge is 0.481 e. The van der Waals surface area contributed by atoms with Crippen molar-refractivity contribution in [1.82, 2.24) is 4.31 Å². The van der Waals surface area contributed by atoms with Crippen molar-refractivity contribution in [3.63, 3.8) is 0 Å². The smallest absolute Gasteiger partial charge is 0.303 e. The molecule has 1 fully saturated rings. The highest BCUT2D eigenvalue weighted by molar-refractivity contribution is 7.89. The summed E-state index contributed by atoms with van der Waals surface area (Å²) in [5.41, 5.74) is 4.42. The predicted molar refractivity (Wildman–Crippen MR) is 137 cm³/mol. The van der Waals surface area contributed by atoms with Crippen LogP contribution in [0.5, 0.6) is 0 Å². The maximum absolute atomic E-state index is 12.9. The lowest BCUT2D eigenvalue weighted by molar-refractivity contribution is -0.136. The highest BCUT2D eigenvalue weighted by Crippen LogP contribution is 2.39. The average molecular weight is 507 g/mol. The Morgan fingerprint density at radius 3 is 2.11 bits per heavy atom. The van der Waals surface area contributed by atoms with Gasteiger partial charge < -0.3 is 15.2 Å². The van der Waals surface area contributed by atoms with Crippen molar-refractivity contribution in [3.8, 4) is 0 Å². The van der Waals surface area contributed by atoms with E-state index in [9.17, 15) is 18.0 Å². The third-order valence-corrected chi connectivity index (χ3v) is 7.79. The minimum absolute atomic E-state index is 0.0209. The lowest BCUT2D eigenvalue weighted by atomic mass is 9.73. The first-order chi connectivity index (χ1) is 16.3.